The van der Waals surface area contributed by atoms with Crippen LogP contribution in [0.3, 0.4) is 0 Å². The molecule has 1 N–H and O–H groups in total. The van der Waals surface area contributed by atoms with Crippen molar-refractivity contribution < 1.29 is 0 Å². The van der Waals surface area contributed by atoms with Gasteiger partial charge in [-0.25, -0.2) is 0 Å². The van der Waals surface area contributed by atoms with Crippen molar-refractivity contribution in [1.82, 2.24) is 5.32 Å². The Bertz CT molecular complexity index is 352. The van der Waals surface area contributed by atoms with E-state index < -0.39 is 0 Å². The molecule has 0 aliphatic rings. The van der Waals surface area contributed by atoms with Gasteiger partial charge in [-0.15, -0.1) is 12.6 Å². The predicted octanol–water partition coefficient (Wildman–Crippen LogP) is 10.5. The maximum Gasteiger partial charge on any atom is 0.130 e. The zero-order chi connectivity index (χ0) is 22.7. The standard InChI is InChI=1S/C27H54BrNS2/c28-25-23-21-19-17-15-13-11-9-7-5-3-1-2-4-6-8-10-12-14-16-18-20-22-24-26-29-27(30)31/h1-26H2,(H2,29,30,31). The lowest BCUT2D eigenvalue weighted by Gasteiger charge is -2.05. The van der Waals surface area contributed by atoms with Gasteiger partial charge in [0, 0.05) is 11.9 Å². The summed E-state index contributed by atoms with van der Waals surface area (Å²) in [6.07, 6.45) is 34.4. The summed E-state index contributed by atoms with van der Waals surface area (Å²) in [4.78, 5) is 0. The molecule has 0 heterocycles. The summed E-state index contributed by atoms with van der Waals surface area (Å²) in [5, 5.41) is 4.29. The first-order valence-electron chi connectivity index (χ1n) is 13.8. The third-order valence-corrected chi connectivity index (χ3v) is 7.20. The lowest BCUT2D eigenvalue weighted by Crippen LogP contribution is -2.17. The molecule has 0 amide bonds. The fourth-order valence-electron chi connectivity index (χ4n) is 4.30. The van der Waals surface area contributed by atoms with Crippen molar-refractivity contribution >= 4 is 45.1 Å². The molecule has 0 aliphatic heterocycles. The minimum Gasteiger partial charge on any atom is -0.371 e. The summed E-state index contributed by atoms with van der Waals surface area (Å²) in [6, 6.07) is 0. The lowest BCUT2D eigenvalue weighted by molar-refractivity contribution is 0.517. The fraction of sp³-hybridized carbons (Fsp3) is 0.963. The molecule has 0 aromatic heterocycles. The van der Waals surface area contributed by atoms with Crippen molar-refractivity contribution in [2.45, 2.75) is 154 Å². The molecule has 0 bridgehead atoms. The Morgan fingerprint density at radius 1 is 0.452 bits per heavy atom. The van der Waals surface area contributed by atoms with Gasteiger partial charge in [-0.1, -0.05) is 169 Å². The third kappa shape index (κ3) is 30.7. The van der Waals surface area contributed by atoms with Gasteiger partial charge in [0.05, 0.1) is 0 Å². The minimum atomic E-state index is 0.628. The Morgan fingerprint density at radius 2 is 0.677 bits per heavy atom. The van der Waals surface area contributed by atoms with Crippen molar-refractivity contribution in [3.8, 4) is 0 Å². The van der Waals surface area contributed by atoms with E-state index in [1.807, 2.05) is 0 Å². The van der Waals surface area contributed by atoms with E-state index in [4.69, 9.17) is 12.2 Å². The van der Waals surface area contributed by atoms with Crippen LogP contribution in [0.4, 0.5) is 0 Å². The summed E-state index contributed by atoms with van der Waals surface area (Å²) >= 11 is 12.5. The van der Waals surface area contributed by atoms with Crippen LogP contribution in [0.5, 0.6) is 0 Å². The molecule has 186 valence electrons. The monoisotopic (exact) mass is 535 g/mol. The second-order valence-electron chi connectivity index (χ2n) is 9.41. The highest BCUT2D eigenvalue weighted by atomic mass is 79.9. The van der Waals surface area contributed by atoms with Crippen molar-refractivity contribution in [2.24, 2.45) is 0 Å². The molecular weight excluding hydrogens is 482 g/mol. The van der Waals surface area contributed by atoms with Gasteiger partial charge in [0.25, 0.3) is 0 Å². The number of alkyl halides is 1. The van der Waals surface area contributed by atoms with Crippen LogP contribution in [0.15, 0.2) is 0 Å². The molecule has 1 nitrogen and oxygen atoms in total. The van der Waals surface area contributed by atoms with Crippen LogP contribution in [0.2, 0.25) is 0 Å². The first-order valence-corrected chi connectivity index (χ1v) is 15.8. The highest BCUT2D eigenvalue weighted by molar-refractivity contribution is 9.09. The van der Waals surface area contributed by atoms with Crippen LogP contribution >= 0.6 is 40.8 Å². The van der Waals surface area contributed by atoms with Crippen LogP contribution in [0, 0.1) is 0 Å². The van der Waals surface area contributed by atoms with Gasteiger partial charge in [-0.3, -0.25) is 0 Å². The highest BCUT2D eigenvalue weighted by Crippen LogP contribution is 2.15. The molecule has 0 radical (unpaired) electrons. The number of thiol groups is 1. The maximum absolute atomic E-state index is 4.89. The van der Waals surface area contributed by atoms with Crippen molar-refractivity contribution in [3.05, 3.63) is 0 Å². The van der Waals surface area contributed by atoms with E-state index in [2.05, 4.69) is 33.9 Å². The van der Waals surface area contributed by atoms with E-state index in [0.717, 1.165) is 6.54 Å². The van der Waals surface area contributed by atoms with E-state index in [1.165, 1.54) is 159 Å². The van der Waals surface area contributed by atoms with E-state index in [1.54, 1.807) is 0 Å². The van der Waals surface area contributed by atoms with Gasteiger partial charge in [0.2, 0.25) is 0 Å². The number of thiocarbonyl (C=S) groups is 1. The van der Waals surface area contributed by atoms with Crippen molar-refractivity contribution in [2.75, 3.05) is 11.9 Å². The molecular formula is C27H54BrNS2. The van der Waals surface area contributed by atoms with Crippen molar-refractivity contribution in [3.63, 3.8) is 0 Å². The summed E-state index contributed by atoms with van der Waals surface area (Å²) in [5.41, 5.74) is 0. The summed E-state index contributed by atoms with van der Waals surface area (Å²) in [5.74, 6) is 0. The average molecular weight is 537 g/mol. The van der Waals surface area contributed by atoms with E-state index in [0.29, 0.717) is 4.32 Å². The Morgan fingerprint density at radius 3 is 0.903 bits per heavy atom. The molecule has 0 aromatic rings. The Kier molecular flexibility index (Phi) is 29.4. The molecule has 0 aromatic carbocycles. The van der Waals surface area contributed by atoms with Gasteiger partial charge < -0.3 is 5.32 Å². The first kappa shape index (κ1) is 31.7. The fourth-order valence-corrected chi connectivity index (χ4v) is 4.91. The average Bonchev–Trinajstić information content (AvgIpc) is 2.76. The van der Waals surface area contributed by atoms with Crippen molar-refractivity contribution in [1.29, 1.82) is 0 Å². The maximum atomic E-state index is 4.89. The lowest BCUT2D eigenvalue weighted by atomic mass is 10.0. The molecule has 31 heavy (non-hydrogen) atoms. The molecule has 4 heteroatoms. The Hall–Kier alpha value is 0.720. The van der Waals surface area contributed by atoms with Gasteiger partial charge in [-0.05, 0) is 12.8 Å². The van der Waals surface area contributed by atoms with E-state index in [-0.39, 0.29) is 0 Å². The number of rotatable bonds is 26. The molecule has 0 rings (SSSR count). The first-order chi connectivity index (χ1) is 15.3. The Balaban J connectivity index is 3.00. The minimum absolute atomic E-state index is 0.628. The third-order valence-electron chi connectivity index (χ3n) is 6.34. The van der Waals surface area contributed by atoms with Gasteiger partial charge in [0.15, 0.2) is 0 Å². The molecule has 0 aliphatic carbocycles. The van der Waals surface area contributed by atoms with Gasteiger partial charge >= 0.3 is 0 Å². The SMILES string of the molecule is S=C(S)NCCCCCCCCCCCCCCCCCCCCCCCCCCBr. The van der Waals surface area contributed by atoms with Gasteiger partial charge in [0.1, 0.15) is 4.32 Å². The topological polar surface area (TPSA) is 12.0 Å². The number of hydrogen-bond donors (Lipinski definition) is 2. The zero-order valence-corrected chi connectivity index (χ0v) is 23.9. The molecule has 0 saturated carbocycles. The normalized spacial score (nSPS) is 11.2. The predicted molar refractivity (Wildman–Crippen MR) is 154 cm³/mol. The summed E-state index contributed by atoms with van der Waals surface area (Å²) in [7, 11) is 0. The van der Waals surface area contributed by atoms with Crippen LogP contribution < -0.4 is 5.32 Å². The van der Waals surface area contributed by atoms with Gasteiger partial charge in [-0.2, -0.15) is 0 Å². The number of unbranched alkanes of at least 4 members (excludes halogenated alkanes) is 23. The van der Waals surface area contributed by atoms with Crippen LogP contribution in [-0.4, -0.2) is 16.2 Å². The Labute approximate surface area is 215 Å². The van der Waals surface area contributed by atoms with Crippen LogP contribution in [0.1, 0.15) is 154 Å². The molecule has 0 fully saturated rings. The van der Waals surface area contributed by atoms with E-state index in [9.17, 15) is 0 Å². The smallest absolute Gasteiger partial charge is 0.130 e. The second-order valence-corrected chi connectivity index (χ2v) is 11.4. The molecule has 0 spiro atoms. The molecule has 0 atom stereocenters. The molecule has 0 saturated heterocycles. The number of halogens is 1. The second kappa shape index (κ2) is 28.8. The van der Waals surface area contributed by atoms with Crippen LogP contribution in [0.25, 0.3) is 0 Å². The highest BCUT2D eigenvalue weighted by Gasteiger charge is 1.96. The largest absolute Gasteiger partial charge is 0.371 e. The number of nitrogens with one attached hydrogen (secondary N) is 1. The summed E-state index contributed by atoms with van der Waals surface area (Å²) in [6.45, 7) is 0.987. The molecule has 0 unspecified atom stereocenters. The zero-order valence-electron chi connectivity index (χ0n) is 20.6. The van der Waals surface area contributed by atoms with E-state index >= 15 is 0 Å². The van der Waals surface area contributed by atoms with Crippen LogP contribution in [-0.2, 0) is 0 Å². The quantitative estimate of drug-likeness (QED) is 0.0493. The number of hydrogen-bond acceptors (Lipinski definition) is 1. The summed E-state index contributed by atoms with van der Waals surface area (Å²) < 4.78 is 0.628.